The number of piperidine rings is 1. The largest absolute Gasteiger partial charge is 0.444 e. The van der Waals surface area contributed by atoms with Crippen LogP contribution in [0.1, 0.15) is 59.8 Å². The lowest BCUT2D eigenvalue weighted by Gasteiger charge is -2.34. The highest BCUT2D eigenvalue weighted by Crippen LogP contribution is 2.30. The Hall–Kier alpha value is -0.420. The molecule has 0 radical (unpaired) electrons. The van der Waals surface area contributed by atoms with Gasteiger partial charge in [-0.3, -0.25) is 0 Å². The first-order chi connectivity index (χ1) is 10.9. The van der Waals surface area contributed by atoms with E-state index in [4.69, 9.17) is 4.74 Å². The molecule has 23 heavy (non-hydrogen) atoms. The Morgan fingerprint density at radius 2 is 2.09 bits per heavy atom. The second-order valence-electron chi connectivity index (χ2n) is 7.93. The molecule has 0 aromatic heterocycles. The summed E-state index contributed by atoms with van der Waals surface area (Å²) in [5.41, 5.74) is -0.405. The summed E-state index contributed by atoms with van der Waals surface area (Å²) in [4.78, 5) is 14.1. The third-order valence-electron chi connectivity index (χ3n) is 4.65. The lowest BCUT2D eigenvalue weighted by molar-refractivity contribution is 0.0165. The smallest absolute Gasteiger partial charge is 0.410 e. The number of carbonyl (C=O) groups excluding carboxylic acids is 1. The van der Waals surface area contributed by atoms with Crippen LogP contribution in [-0.2, 0) is 4.74 Å². The first kappa shape index (κ1) is 18.9. The van der Waals surface area contributed by atoms with E-state index in [2.05, 4.69) is 24.0 Å². The molecule has 5 heteroatoms. The van der Waals surface area contributed by atoms with Crippen LogP contribution < -0.4 is 5.32 Å². The van der Waals surface area contributed by atoms with Gasteiger partial charge in [0.1, 0.15) is 5.60 Å². The highest BCUT2D eigenvalue weighted by Gasteiger charge is 2.29. The molecule has 1 N–H and O–H groups in total. The van der Waals surface area contributed by atoms with Gasteiger partial charge in [0.2, 0.25) is 0 Å². The number of nitrogens with zero attached hydrogens (tertiary/aromatic N) is 1. The maximum atomic E-state index is 12.2. The lowest BCUT2D eigenvalue weighted by atomic mass is 9.98. The van der Waals surface area contributed by atoms with Crippen molar-refractivity contribution >= 4 is 17.9 Å². The number of rotatable bonds is 5. The van der Waals surface area contributed by atoms with Crippen LogP contribution in [0.5, 0.6) is 0 Å². The molecule has 1 amide bonds. The molecule has 0 bridgehead atoms. The van der Waals surface area contributed by atoms with Crippen LogP contribution in [0.2, 0.25) is 0 Å². The van der Waals surface area contributed by atoms with Crippen LogP contribution in [0.25, 0.3) is 0 Å². The Labute approximate surface area is 146 Å². The Balaban J connectivity index is 1.71. The summed E-state index contributed by atoms with van der Waals surface area (Å²) < 4.78 is 5.51. The summed E-state index contributed by atoms with van der Waals surface area (Å²) in [7, 11) is 0. The molecule has 1 aliphatic heterocycles. The maximum Gasteiger partial charge on any atom is 0.410 e. The highest BCUT2D eigenvalue weighted by molar-refractivity contribution is 7.99. The normalized spacial score (nSPS) is 28.9. The fourth-order valence-electron chi connectivity index (χ4n) is 3.57. The average Bonchev–Trinajstić information content (AvgIpc) is 2.92. The number of nitrogens with one attached hydrogen (secondary N) is 1. The monoisotopic (exact) mass is 342 g/mol. The van der Waals surface area contributed by atoms with Gasteiger partial charge in [-0.1, -0.05) is 6.92 Å². The van der Waals surface area contributed by atoms with Gasteiger partial charge in [0.25, 0.3) is 0 Å². The van der Waals surface area contributed by atoms with E-state index in [-0.39, 0.29) is 6.09 Å². The van der Waals surface area contributed by atoms with Crippen LogP contribution in [0.15, 0.2) is 0 Å². The highest BCUT2D eigenvalue weighted by atomic mass is 32.2. The van der Waals surface area contributed by atoms with E-state index in [0.717, 1.165) is 31.3 Å². The molecule has 1 aliphatic carbocycles. The fourth-order valence-corrected chi connectivity index (χ4v) is 4.71. The van der Waals surface area contributed by atoms with Gasteiger partial charge < -0.3 is 15.0 Å². The van der Waals surface area contributed by atoms with Crippen LogP contribution in [0.4, 0.5) is 4.79 Å². The van der Waals surface area contributed by atoms with E-state index < -0.39 is 5.60 Å². The number of thioether (sulfide) groups is 1. The van der Waals surface area contributed by atoms with E-state index in [1.54, 1.807) is 0 Å². The minimum atomic E-state index is -0.405. The second-order valence-corrected chi connectivity index (χ2v) is 9.51. The zero-order chi connectivity index (χ0) is 16.9. The molecule has 3 atom stereocenters. The van der Waals surface area contributed by atoms with Crippen molar-refractivity contribution in [1.82, 2.24) is 10.2 Å². The molecule has 1 saturated carbocycles. The molecule has 1 heterocycles. The van der Waals surface area contributed by atoms with E-state index in [0.29, 0.717) is 12.0 Å². The summed E-state index contributed by atoms with van der Waals surface area (Å²) in [5, 5.41) is 4.60. The first-order valence-corrected chi connectivity index (χ1v) is 10.2. The SMILES string of the molecule is CCSC1CCC(NCC2CCCN(C(=O)OC(C)(C)C)C2)C1. The van der Waals surface area contributed by atoms with Gasteiger partial charge in [-0.25, -0.2) is 4.79 Å². The number of hydrogen-bond acceptors (Lipinski definition) is 4. The number of hydrogen-bond donors (Lipinski definition) is 1. The molecule has 2 fully saturated rings. The van der Waals surface area contributed by atoms with Crippen molar-refractivity contribution in [3.05, 3.63) is 0 Å². The van der Waals surface area contributed by atoms with Crippen molar-refractivity contribution in [1.29, 1.82) is 0 Å². The number of carbonyl (C=O) groups is 1. The van der Waals surface area contributed by atoms with Gasteiger partial charge in [0, 0.05) is 24.4 Å². The van der Waals surface area contributed by atoms with Crippen LogP contribution in [0, 0.1) is 5.92 Å². The topological polar surface area (TPSA) is 41.6 Å². The minimum Gasteiger partial charge on any atom is -0.444 e. The number of amides is 1. The third kappa shape index (κ3) is 6.54. The molecule has 3 unspecified atom stereocenters. The van der Waals surface area contributed by atoms with Crippen molar-refractivity contribution < 1.29 is 9.53 Å². The summed E-state index contributed by atoms with van der Waals surface area (Å²) in [6.45, 7) is 10.7. The van der Waals surface area contributed by atoms with E-state index in [1.807, 2.05) is 25.7 Å². The predicted octanol–water partition coefficient (Wildman–Crippen LogP) is 3.90. The molecular weight excluding hydrogens is 308 g/mol. The van der Waals surface area contributed by atoms with E-state index in [9.17, 15) is 4.79 Å². The Kier molecular flexibility index (Phi) is 7.08. The van der Waals surface area contributed by atoms with Crippen molar-refractivity contribution in [3.63, 3.8) is 0 Å². The van der Waals surface area contributed by atoms with Gasteiger partial charge >= 0.3 is 6.09 Å². The van der Waals surface area contributed by atoms with E-state index in [1.165, 1.54) is 31.4 Å². The molecule has 1 saturated heterocycles. The zero-order valence-corrected chi connectivity index (χ0v) is 16.1. The molecule has 2 aliphatic rings. The Morgan fingerprint density at radius 3 is 2.78 bits per heavy atom. The Morgan fingerprint density at radius 1 is 1.30 bits per heavy atom. The average molecular weight is 343 g/mol. The van der Waals surface area contributed by atoms with Crippen molar-refractivity contribution in [2.45, 2.75) is 76.7 Å². The predicted molar refractivity (Wildman–Crippen MR) is 98.1 cm³/mol. The number of ether oxygens (including phenoxy) is 1. The number of likely N-dealkylation sites (tertiary alicyclic amines) is 1. The summed E-state index contributed by atoms with van der Waals surface area (Å²) in [6.07, 6.45) is 6.12. The fraction of sp³-hybridized carbons (Fsp3) is 0.944. The molecule has 0 aromatic rings. The van der Waals surface area contributed by atoms with Gasteiger partial charge in [0.05, 0.1) is 0 Å². The summed E-state index contributed by atoms with van der Waals surface area (Å²) >= 11 is 2.10. The van der Waals surface area contributed by atoms with Gasteiger partial charge in [-0.05, 0) is 71.1 Å². The standard InChI is InChI=1S/C18H34N2O2S/c1-5-23-16-9-8-15(11-16)19-12-14-7-6-10-20(13-14)17(21)22-18(2,3)4/h14-16,19H,5-13H2,1-4H3. The quantitative estimate of drug-likeness (QED) is 0.823. The molecule has 0 aromatic carbocycles. The van der Waals surface area contributed by atoms with Crippen molar-refractivity contribution in [3.8, 4) is 0 Å². The molecular formula is C18H34N2O2S. The first-order valence-electron chi connectivity index (χ1n) is 9.20. The van der Waals surface area contributed by atoms with Crippen LogP contribution in [0.3, 0.4) is 0 Å². The zero-order valence-electron chi connectivity index (χ0n) is 15.3. The summed E-state index contributed by atoms with van der Waals surface area (Å²) in [5.74, 6) is 1.79. The Bertz CT molecular complexity index is 384. The molecule has 4 nitrogen and oxygen atoms in total. The molecule has 0 spiro atoms. The van der Waals surface area contributed by atoms with Crippen molar-refractivity contribution in [2.24, 2.45) is 5.92 Å². The van der Waals surface area contributed by atoms with Gasteiger partial charge in [-0.2, -0.15) is 11.8 Å². The van der Waals surface area contributed by atoms with Crippen LogP contribution >= 0.6 is 11.8 Å². The summed E-state index contributed by atoms with van der Waals surface area (Å²) in [6, 6.07) is 0.677. The molecule has 134 valence electrons. The maximum absolute atomic E-state index is 12.2. The minimum absolute atomic E-state index is 0.150. The lowest BCUT2D eigenvalue weighted by Crippen LogP contribution is -2.45. The molecule has 2 rings (SSSR count). The van der Waals surface area contributed by atoms with Gasteiger partial charge in [-0.15, -0.1) is 0 Å². The second kappa shape index (κ2) is 8.61. The van der Waals surface area contributed by atoms with Gasteiger partial charge in [0.15, 0.2) is 0 Å². The third-order valence-corrected chi connectivity index (χ3v) is 5.89. The van der Waals surface area contributed by atoms with E-state index >= 15 is 0 Å². The van der Waals surface area contributed by atoms with Crippen molar-refractivity contribution in [2.75, 3.05) is 25.4 Å². The van der Waals surface area contributed by atoms with Crippen LogP contribution in [-0.4, -0.2) is 53.3 Å².